The highest BCUT2D eigenvalue weighted by molar-refractivity contribution is 6.05. The second-order valence-electron chi connectivity index (χ2n) is 5.58. The number of benzene rings is 1. The monoisotopic (exact) mass is 369 g/mol. The van der Waals surface area contributed by atoms with Gasteiger partial charge in [-0.2, -0.15) is 0 Å². The summed E-state index contributed by atoms with van der Waals surface area (Å²) in [5, 5.41) is 0. The van der Waals surface area contributed by atoms with Gasteiger partial charge in [0.1, 0.15) is 0 Å². The number of hydrogen-bond acceptors (Lipinski definition) is 5. The highest BCUT2D eigenvalue weighted by atomic mass is 16.5. The molecule has 0 spiro atoms. The Hall–Kier alpha value is -3.28. The number of imide groups is 1. The highest BCUT2D eigenvalue weighted by Crippen LogP contribution is 2.38. The molecule has 0 radical (unpaired) electrons. The van der Waals surface area contributed by atoms with Gasteiger partial charge in [0.25, 0.3) is 11.8 Å². The number of nitrogens with zero attached hydrogens (tertiary/aromatic N) is 1. The molecule has 1 aliphatic rings. The minimum Gasteiger partial charge on any atom is -0.493 e. The van der Waals surface area contributed by atoms with E-state index in [-0.39, 0.29) is 11.8 Å². The van der Waals surface area contributed by atoms with Crippen molar-refractivity contribution in [2.75, 3.05) is 27.9 Å². The predicted octanol–water partition coefficient (Wildman–Crippen LogP) is 3.15. The molecule has 0 aromatic heterocycles. The topological polar surface area (TPSA) is 65.1 Å². The van der Waals surface area contributed by atoms with E-state index in [1.807, 2.05) is 24.3 Å². The van der Waals surface area contributed by atoms with Crippen LogP contribution in [-0.4, -0.2) is 44.6 Å². The standard InChI is InChI=1S/C21H23NO5/c1-25-17-14-16(15-18(26-2)21(17)27-3)10-6-4-5-7-11-19(23)22-13-9-8-12-20(22)24/h4-8,10-12,14-15H,9,13H2,1-3H3/b5-4+,10-6+,11-7+. The van der Waals surface area contributed by atoms with Crippen molar-refractivity contribution in [3.8, 4) is 17.2 Å². The van der Waals surface area contributed by atoms with E-state index in [0.717, 1.165) is 5.56 Å². The number of carbonyl (C=O) groups excluding carboxylic acids is 2. The van der Waals surface area contributed by atoms with Crippen LogP contribution >= 0.6 is 0 Å². The zero-order valence-corrected chi connectivity index (χ0v) is 15.7. The Morgan fingerprint density at radius 2 is 1.67 bits per heavy atom. The summed E-state index contributed by atoms with van der Waals surface area (Å²) in [6.45, 7) is 0.420. The van der Waals surface area contributed by atoms with Crippen LogP contribution in [0, 0.1) is 0 Å². The fourth-order valence-corrected chi connectivity index (χ4v) is 2.53. The van der Waals surface area contributed by atoms with E-state index >= 15 is 0 Å². The highest BCUT2D eigenvalue weighted by Gasteiger charge is 2.18. The van der Waals surface area contributed by atoms with Crippen molar-refractivity contribution in [2.45, 2.75) is 6.42 Å². The summed E-state index contributed by atoms with van der Waals surface area (Å²) < 4.78 is 15.9. The van der Waals surface area contributed by atoms with Crippen LogP contribution < -0.4 is 14.2 Å². The summed E-state index contributed by atoms with van der Waals surface area (Å²) in [6, 6.07) is 3.67. The van der Waals surface area contributed by atoms with Gasteiger partial charge in [0.15, 0.2) is 11.5 Å². The SMILES string of the molecule is COc1cc(/C=C/C=C/C=C/C(=O)N2CCC=CC2=O)cc(OC)c1OC. The van der Waals surface area contributed by atoms with Crippen molar-refractivity contribution in [1.29, 1.82) is 0 Å². The quantitative estimate of drug-likeness (QED) is 0.546. The van der Waals surface area contributed by atoms with Gasteiger partial charge < -0.3 is 14.2 Å². The molecule has 0 bridgehead atoms. The third-order valence-electron chi connectivity index (χ3n) is 3.86. The number of allylic oxidation sites excluding steroid dienone is 4. The lowest BCUT2D eigenvalue weighted by molar-refractivity contribution is -0.139. The molecular formula is C21H23NO5. The van der Waals surface area contributed by atoms with Crippen molar-refractivity contribution in [2.24, 2.45) is 0 Å². The molecule has 0 unspecified atom stereocenters. The summed E-state index contributed by atoms with van der Waals surface area (Å²) in [5.74, 6) is 1.10. The lowest BCUT2D eigenvalue weighted by Gasteiger charge is -2.19. The van der Waals surface area contributed by atoms with Gasteiger partial charge >= 0.3 is 0 Å². The average Bonchev–Trinajstić information content (AvgIpc) is 2.69. The number of ether oxygens (including phenoxy) is 3. The number of methoxy groups -OCH3 is 3. The van der Waals surface area contributed by atoms with Crippen LogP contribution in [0.1, 0.15) is 12.0 Å². The third kappa shape index (κ3) is 5.34. The fourth-order valence-electron chi connectivity index (χ4n) is 2.53. The van der Waals surface area contributed by atoms with E-state index in [1.54, 1.807) is 45.6 Å². The molecule has 0 fully saturated rings. The maximum absolute atomic E-state index is 12.0. The molecule has 0 saturated carbocycles. The van der Waals surface area contributed by atoms with Crippen molar-refractivity contribution >= 4 is 17.9 Å². The predicted molar refractivity (Wildman–Crippen MR) is 104 cm³/mol. The molecule has 0 N–H and O–H groups in total. The van der Waals surface area contributed by atoms with E-state index in [9.17, 15) is 9.59 Å². The molecule has 0 aliphatic carbocycles. The van der Waals surface area contributed by atoms with Gasteiger partial charge in [-0.05, 0) is 30.2 Å². The normalized spacial score (nSPS) is 14.5. The number of hydrogen-bond donors (Lipinski definition) is 0. The molecule has 6 nitrogen and oxygen atoms in total. The fraction of sp³-hybridized carbons (Fsp3) is 0.238. The van der Waals surface area contributed by atoms with Gasteiger partial charge in [0, 0.05) is 12.6 Å². The van der Waals surface area contributed by atoms with Crippen molar-refractivity contribution < 1.29 is 23.8 Å². The van der Waals surface area contributed by atoms with Crippen molar-refractivity contribution in [1.82, 2.24) is 4.90 Å². The van der Waals surface area contributed by atoms with Gasteiger partial charge in [0.2, 0.25) is 5.75 Å². The van der Waals surface area contributed by atoms with E-state index in [1.165, 1.54) is 17.1 Å². The lowest BCUT2D eigenvalue weighted by atomic mass is 10.1. The largest absolute Gasteiger partial charge is 0.493 e. The Bertz CT molecular complexity index is 780. The molecule has 1 heterocycles. The number of amides is 2. The average molecular weight is 369 g/mol. The summed E-state index contributed by atoms with van der Waals surface area (Å²) >= 11 is 0. The molecule has 27 heavy (non-hydrogen) atoms. The van der Waals surface area contributed by atoms with Crippen LogP contribution in [0.3, 0.4) is 0 Å². The second kappa shape index (κ2) is 10.0. The van der Waals surface area contributed by atoms with Gasteiger partial charge in [-0.25, -0.2) is 0 Å². The maximum atomic E-state index is 12.0. The third-order valence-corrected chi connectivity index (χ3v) is 3.86. The molecular weight excluding hydrogens is 346 g/mol. The van der Waals surface area contributed by atoms with Crippen LogP contribution in [0.2, 0.25) is 0 Å². The van der Waals surface area contributed by atoms with Crippen LogP contribution in [-0.2, 0) is 9.59 Å². The first-order chi connectivity index (χ1) is 13.1. The first-order valence-electron chi connectivity index (χ1n) is 8.44. The van der Waals surface area contributed by atoms with Gasteiger partial charge in [-0.3, -0.25) is 14.5 Å². The first-order valence-corrected chi connectivity index (χ1v) is 8.44. The maximum Gasteiger partial charge on any atom is 0.253 e. The Kier molecular flexibility index (Phi) is 7.43. The number of carbonyl (C=O) groups is 2. The van der Waals surface area contributed by atoms with Crippen molar-refractivity contribution in [3.05, 3.63) is 60.2 Å². The Balaban J connectivity index is 1.99. The molecule has 6 heteroatoms. The molecule has 0 atom stereocenters. The van der Waals surface area contributed by atoms with E-state index < -0.39 is 0 Å². The second-order valence-corrected chi connectivity index (χ2v) is 5.58. The van der Waals surface area contributed by atoms with Gasteiger partial charge in [0.05, 0.1) is 21.3 Å². The lowest BCUT2D eigenvalue weighted by Crippen LogP contribution is -2.37. The summed E-state index contributed by atoms with van der Waals surface area (Å²) in [5.41, 5.74) is 0.875. The van der Waals surface area contributed by atoms with Gasteiger partial charge in [-0.15, -0.1) is 0 Å². The molecule has 2 amide bonds. The molecule has 0 saturated heterocycles. The Morgan fingerprint density at radius 1 is 1.00 bits per heavy atom. The van der Waals surface area contributed by atoms with E-state index in [2.05, 4.69) is 0 Å². The molecule has 142 valence electrons. The van der Waals surface area contributed by atoms with Gasteiger partial charge in [-0.1, -0.05) is 36.5 Å². The van der Waals surface area contributed by atoms with Crippen LogP contribution in [0.4, 0.5) is 0 Å². The molecule has 2 rings (SSSR count). The number of rotatable bonds is 7. The molecule has 1 aliphatic heterocycles. The summed E-state index contributed by atoms with van der Waals surface area (Å²) in [6.07, 6.45) is 14.1. The van der Waals surface area contributed by atoms with Crippen LogP contribution in [0.25, 0.3) is 6.08 Å². The van der Waals surface area contributed by atoms with Crippen LogP contribution in [0.15, 0.2) is 54.7 Å². The Morgan fingerprint density at radius 3 is 2.26 bits per heavy atom. The smallest absolute Gasteiger partial charge is 0.253 e. The van der Waals surface area contributed by atoms with E-state index in [4.69, 9.17) is 14.2 Å². The molecule has 1 aromatic rings. The van der Waals surface area contributed by atoms with Crippen LogP contribution in [0.5, 0.6) is 17.2 Å². The minimum atomic E-state index is -0.317. The zero-order valence-electron chi connectivity index (χ0n) is 15.7. The zero-order chi connectivity index (χ0) is 19.6. The summed E-state index contributed by atoms with van der Waals surface area (Å²) in [7, 11) is 4.69. The minimum absolute atomic E-state index is 0.276. The first kappa shape index (κ1) is 20.0. The summed E-state index contributed by atoms with van der Waals surface area (Å²) in [4.78, 5) is 24.8. The molecule has 1 aromatic carbocycles. The van der Waals surface area contributed by atoms with Crippen molar-refractivity contribution in [3.63, 3.8) is 0 Å². The van der Waals surface area contributed by atoms with E-state index in [0.29, 0.717) is 30.2 Å². The Labute approximate surface area is 159 Å².